The van der Waals surface area contributed by atoms with Gasteiger partial charge in [0.05, 0.1) is 18.2 Å². The molecule has 33 heavy (non-hydrogen) atoms. The third-order valence-corrected chi connectivity index (χ3v) is 5.37. The molecule has 0 aliphatic carbocycles. The summed E-state index contributed by atoms with van der Waals surface area (Å²) < 4.78 is 13.5. The molecule has 0 spiro atoms. The molecule has 0 bridgehead atoms. The second kappa shape index (κ2) is 11.1. The van der Waals surface area contributed by atoms with Crippen molar-refractivity contribution in [2.45, 2.75) is 20.0 Å². The molecule has 0 radical (unpaired) electrons. The number of aliphatic imine (C=N–C) groups is 1. The van der Waals surface area contributed by atoms with Gasteiger partial charge in [0.2, 0.25) is 5.88 Å². The highest BCUT2D eigenvalue weighted by molar-refractivity contribution is 5.91. The fourth-order valence-corrected chi connectivity index (χ4v) is 3.51. The molecule has 10 heteroatoms. The number of likely N-dealkylation sites (N-methyl/N-ethyl adjacent to an activating group) is 1. The molecule has 1 atom stereocenters. The summed E-state index contributed by atoms with van der Waals surface area (Å²) in [5, 5.41) is 4.45. The summed E-state index contributed by atoms with van der Waals surface area (Å²) in [6.45, 7) is 7.83. The summed E-state index contributed by atoms with van der Waals surface area (Å²) >= 11 is 0. The Labute approximate surface area is 200 Å². The molecule has 0 saturated heterocycles. The highest BCUT2D eigenvalue weighted by atomic mass is 35.5. The number of fused-ring (bicyclic) bond motifs is 1. The highest BCUT2D eigenvalue weighted by Crippen LogP contribution is 2.36. The van der Waals surface area contributed by atoms with Crippen molar-refractivity contribution in [2.75, 3.05) is 31.1 Å². The Kier molecular flexibility index (Phi) is 8.26. The number of hydrogen-bond donors (Lipinski definition) is 1. The standard InChI is InChI=1S/C23H29N7O2.ClH/c1-4-29(5-2)12-13-31-18-7-9-22(25-15-18)32-17-6-8-20-19(14-17)23(24)26-16-30(20)21-10-11-28(3)27-21;/h6-11,14-16,23H,4-5,12-13,24H2,1-3H3;1H. The maximum absolute atomic E-state index is 6.22. The molecule has 0 saturated carbocycles. The van der Waals surface area contributed by atoms with Crippen LogP contribution < -0.4 is 20.1 Å². The Morgan fingerprint density at radius 2 is 1.88 bits per heavy atom. The van der Waals surface area contributed by atoms with Gasteiger partial charge in [-0.15, -0.1) is 12.4 Å². The number of nitrogens with two attached hydrogens (primary N) is 1. The number of pyridine rings is 1. The van der Waals surface area contributed by atoms with Gasteiger partial charge in [0, 0.05) is 37.5 Å². The van der Waals surface area contributed by atoms with E-state index in [1.807, 2.05) is 48.5 Å². The number of rotatable bonds is 9. The van der Waals surface area contributed by atoms with Crippen molar-refractivity contribution in [3.8, 4) is 17.4 Å². The van der Waals surface area contributed by atoms with Crippen molar-refractivity contribution in [1.82, 2.24) is 19.7 Å². The summed E-state index contributed by atoms with van der Waals surface area (Å²) in [4.78, 5) is 13.0. The van der Waals surface area contributed by atoms with Gasteiger partial charge in [-0.1, -0.05) is 13.8 Å². The average molecular weight is 472 g/mol. The van der Waals surface area contributed by atoms with E-state index in [2.05, 4.69) is 33.8 Å². The zero-order valence-electron chi connectivity index (χ0n) is 19.1. The van der Waals surface area contributed by atoms with Gasteiger partial charge in [-0.25, -0.2) is 4.98 Å². The normalized spacial score (nSPS) is 14.7. The quantitative estimate of drug-likeness (QED) is 0.506. The van der Waals surface area contributed by atoms with Crippen LogP contribution in [0.25, 0.3) is 0 Å². The molecule has 9 nitrogen and oxygen atoms in total. The fourth-order valence-electron chi connectivity index (χ4n) is 3.51. The van der Waals surface area contributed by atoms with Crippen LogP contribution in [0.2, 0.25) is 0 Å². The second-order valence-electron chi connectivity index (χ2n) is 7.46. The highest BCUT2D eigenvalue weighted by Gasteiger charge is 2.22. The van der Waals surface area contributed by atoms with Crippen LogP contribution in [0.1, 0.15) is 25.6 Å². The monoisotopic (exact) mass is 471 g/mol. The average Bonchev–Trinajstić information content (AvgIpc) is 3.24. The Morgan fingerprint density at radius 1 is 1.09 bits per heavy atom. The van der Waals surface area contributed by atoms with Gasteiger partial charge in [0.1, 0.15) is 24.3 Å². The van der Waals surface area contributed by atoms with Crippen LogP contribution in [0.3, 0.4) is 0 Å². The van der Waals surface area contributed by atoms with E-state index in [0.717, 1.165) is 42.5 Å². The van der Waals surface area contributed by atoms with Crippen LogP contribution in [0.4, 0.5) is 11.5 Å². The van der Waals surface area contributed by atoms with Gasteiger partial charge >= 0.3 is 0 Å². The lowest BCUT2D eigenvalue weighted by Gasteiger charge is -2.27. The molecule has 3 heterocycles. The van der Waals surface area contributed by atoms with Gasteiger partial charge < -0.3 is 20.1 Å². The Balaban J connectivity index is 0.00000306. The van der Waals surface area contributed by atoms with Crippen molar-refractivity contribution in [3.63, 3.8) is 0 Å². The van der Waals surface area contributed by atoms with E-state index in [1.54, 1.807) is 23.3 Å². The zero-order valence-corrected chi connectivity index (χ0v) is 19.9. The van der Waals surface area contributed by atoms with Crippen LogP contribution in [0.5, 0.6) is 17.4 Å². The number of aromatic nitrogens is 3. The van der Waals surface area contributed by atoms with E-state index < -0.39 is 6.17 Å². The lowest BCUT2D eigenvalue weighted by atomic mass is 10.1. The zero-order chi connectivity index (χ0) is 22.5. The van der Waals surface area contributed by atoms with E-state index >= 15 is 0 Å². The van der Waals surface area contributed by atoms with Crippen molar-refractivity contribution < 1.29 is 9.47 Å². The van der Waals surface area contributed by atoms with E-state index in [4.69, 9.17) is 15.2 Å². The summed E-state index contributed by atoms with van der Waals surface area (Å²) in [5.74, 6) is 2.61. The summed E-state index contributed by atoms with van der Waals surface area (Å²) in [7, 11) is 1.88. The minimum Gasteiger partial charge on any atom is -0.491 e. The number of halogens is 1. The van der Waals surface area contributed by atoms with Gasteiger partial charge in [-0.3, -0.25) is 14.6 Å². The molecule has 0 amide bonds. The van der Waals surface area contributed by atoms with Gasteiger partial charge in [0.15, 0.2) is 5.82 Å². The fraction of sp³-hybridized carbons (Fsp3) is 0.348. The molecule has 4 rings (SSSR count). The third-order valence-electron chi connectivity index (χ3n) is 5.37. The van der Waals surface area contributed by atoms with Crippen molar-refractivity contribution in [3.05, 3.63) is 54.4 Å². The van der Waals surface area contributed by atoms with Crippen LogP contribution >= 0.6 is 12.4 Å². The van der Waals surface area contributed by atoms with Crippen molar-refractivity contribution in [2.24, 2.45) is 17.8 Å². The molecule has 1 aliphatic rings. The lowest BCUT2D eigenvalue weighted by molar-refractivity contribution is 0.222. The number of hydrogen-bond acceptors (Lipinski definition) is 8. The molecular weight excluding hydrogens is 442 g/mol. The first-order valence-corrected chi connectivity index (χ1v) is 10.8. The number of nitrogens with zero attached hydrogens (tertiary/aromatic N) is 6. The Hall–Kier alpha value is -3.14. The molecule has 1 aromatic carbocycles. The number of benzene rings is 1. The molecule has 3 aromatic rings. The Bertz CT molecular complexity index is 1070. The minimum atomic E-state index is -0.469. The molecule has 1 aliphatic heterocycles. The van der Waals surface area contributed by atoms with E-state index in [-0.39, 0.29) is 12.4 Å². The third kappa shape index (κ3) is 5.81. The SMILES string of the molecule is CCN(CC)CCOc1ccc(Oc2ccc3c(c2)C(N)N=CN3c2ccn(C)n2)nc1.Cl. The molecule has 1 unspecified atom stereocenters. The summed E-state index contributed by atoms with van der Waals surface area (Å²) in [5.41, 5.74) is 7.99. The van der Waals surface area contributed by atoms with Gasteiger partial charge in [-0.2, -0.15) is 5.10 Å². The number of aryl methyl sites for hydroxylation is 1. The lowest BCUT2D eigenvalue weighted by Crippen LogP contribution is -2.27. The van der Waals surface area contributed by atoms with E-state index in [1.165, 1.54) is 0 Å². The van der Waals surface area contributed by atoms with Crippen LogP contribution in [-0.2, 0) is 7.05 Å². The smallest absolute Gasteiger partial charge is 0.219 e. The van der Waals surface area contributed by atoms with E-state index in [9.17, 15) is 0 Å². The largest absolute Gasteiger partial charge is 0.491 e. The molecule has 0 fully saturated rings. The molecule has 2 aromatic heterocycles. The first kappa shape index (κ1) is 24.5. The second-order valence-corrected chi connectivity index (χ2v) is 7.46. The molecule has 176 valence electrons. The van der Waals surface area contributed by atoms with Crippen LogP contribution in [0.15, 0.2) is 53.8 Å². The predicted molar refractivity (Wildman–Crippen MR) is 132 cm³/mol. The molecular formula is C23H30ClN7O2. The predicted octanol–water partition coefficient (Wildman–Crippen LogP) is 3.89. The maximum Gasteiger partial charge on any atom is 0.219 e. The van der Waals surface area contributed by atoms with Gasteiger partial charge in [0.25, 0.3) is 0 Å². The molecule has 2 N–H and O–H groups in total. The maximum atomic E-state index is 6.22. The van der Waals surface area contributed by atoms with Crippen molar-refractivity contribution in [1.29, 1.82) is 0 Å². The summed E-state index contributed by atoms with van der Waals surface area (Å²) in [6, 6.07) is 11.3. The van der Waals surface area contributed by atoms with Crippen LogP contribution in [0, 0.1) is 0 Å². The van der Waals surface area contributed by atoms with Crippen LogP contribution in [-0.4, -0.2) is 52.2 Å². The van der Waals surface area contributed by atoms with Gasteiger partial charge in [-0.05, 0) is 37.4 Å². The van der Waals surface area contributed by atoms with Crippen molar-refractivity contribution >= 4 is 30.3 Å². The number of ether oxygens (including phenoxy) is 2. The first-order valence-electron chi connectivity index (χ1n) is 10.8. The topological polar surface area (TPSA) is 94.0 Å². The summed E-state index contributed by atoms with van der Waals surface area (Å²) in [6.07, 6.45) is 4.80. The minimum absolute atomic E-state index is 0. The van der Waals surface area contributed by atoms with E-state index in [0.29, 0.717) is 18.2 Å². The first-order chi connectivity index (χ1) is 15.6. The number of anilines is 2. The Morgan fingerprint density at radius 3 is 2.55 bits per heavy atom.